The molecule has 0 unspecified atom stereocenters. The fraction of sp³-hybridized carbons (Fsp3) is 0.200. The van der Waals surface area contributed by atoms with E-state index in [1.807, 2.05) is 37.3 Å². The molecule has 2 heteroatoms. The normalized spacial score (nSPS) is 12.4. The molecular formula is C15H16OS. The molecule has 2 aromatic rings. The van der Waals surface area contributed by atoms with Crippen LogP contribution in [0.25, 0.3) is 0 Å². The van der Waals surface area contributed by atoms with E-state index in [0.717, 1.165) is 12.0 Å². The lowest BCUT2D eigenvalue weighted by Crippen LogP contribution is -1.93. The molecule has 0 saturated heterocycles. The van der Waals surface area contributed by atoms with E-state index >= 15 is 0 Å². The van der Waals surface area contributed by atoms with Gasteiger partial charge in [-0.1, -0.05) is 49.0 Å². The predicted molar refractivity (Wildman–Crippen MR) is 72.3 cm³/mol. The van der Waals surface area contributed by atoms with Gasteiger partial charge in [0.1, 0.15) is 0 Å². The molecule has 0 aromatic heterocycles. The maximum Gasteiger partial charge on any atom is 0.0787 e. The van der Waals surface area contributed by atoms with E-state index in [-0.39, 0.29) is 6.10 Å². The van der Waals surface area contributed by atoms with Crippen molar-refractivity contribution in [3.05, 3.63) is 60.2 Å². The van der Waals surface area contributed by atoms with Crippen molar-refractivity contribution < 1.29 is 5.11 Å². The standard InChI is InChI=1S/C15H16OS/c1-2-15(16)12-8-10-14(11-9-12)17-13-6-4-3-5-7-13/h3-11,15-16H,2H2,1H3/t15-/m1/s1. The van der Waals surface area contributed by atoms with Crippen molar-refractivity contribution in [2.45, 2.75) is 29.2 Å². The van der Waals surface area contributed by atoms with Crippen molar-refractivity contribution >= 4 is 11.8 Å². The molecule has 0 saturated carbocycles. The first-order valence-corrected chi connectivity index (χ1v) is 6.62. The second-order valence-corrected chi connectivity index (χ2v) is 5.06. The molecular weight excluding hydrogens is 228 g/mol. The molecule has 0 bridgehead atoms. The lowest BCUT2D eigenvalue weighted by atomic mass is 10.1. The van der Waals surface area contributed by atoms with Crippen LogP contribution in [0.15, 0.2) is 64.4 Å². The third-order valence-electron chi connectivity index (χ3n) is 2.63. The minimum atomic E-state index is -0.342. The monoisotopic (exact) mass is 244 g/mol. The third kappa shape index (κ3) is 3.35. The highest BCUT2D eigenvalue weighted by molar-refractivity contribution is 7.99. The Labute approximate surface area is 107 Å². The summed E-state index contributed by atoms with van der Waals surface area (Å²) in [4.78, 5) is 2.43. The molecule has 2 aromatic carbocycles. The molecule has 0 fully saturated rings. The average Bonchev–Trinajstić information content (AvgIpc) is 2.40. The Morgan fingerprint density at radius 3 is 2.12 bits per heavy atom. The molecule has 17 heavy (non-hydrogen) atoms. The summed E-state index contributed by atoms with van der Waals surface area (Å²) in [6.07, 6.45) is 0.413. The summed E-state index contributed by atoms with van der Waals surface area (Å²) in [7, 11) is 0. The van der Waals surface area contributed by atoms with Gasteiger partial charge in [-0.25, -0.2) is 0 Å². The zero-order valence-corrected chi connectivity index (χ0v) is 10.7. The lowest BCUT2D eigenvalue weighted by Gasteiger charge is -2.08. The smallest absolute Gasteiger partial charge is 0.0787 e. The zero-order valence-electron chi connectivity index (χ0n) is 9.84. The quantitative estimate of drug-likeness (QED) is 0.866. The predicted octanol–water partition coefficient (Wildman–Crippen LogP) is 4.28. The van der Waals surface area contributed by atoms with Crippen LogP contribution in [-0.4, -0.2) is 5.11 Å². The van der Waals surface area contributed by atoms with Gasteiger partial charge < -0.3 is 5.11 Å². The Morgan fingerprint density at radius 2 is 1.53 bits per heavy atom. The van der Waals surface area contributed by atoms with Crippen molar-refractivity contribution in [2.24, 2.45) is 0 Å². The van der Waals surface area contributed by atoms with Crippen LogP contribution in [0.2, 0.25) is 0 Å². The van der Waals surface area contributed by atoms with E-state index in [4.69, 9.17) is 0 Å². The van der Waals surface area contributed by atoms with E-state index in [9.17, 15) is 5.11 Å². The maximum absolute atomic E-state index is 9.70. The van der Waals surface area contributed by atoms with Crippen LogP contribution in [0.4, 0.5) is 0 Å². The highest BCUT2D eigenvalue weighted by Crippen LogP contribution is 2.28. The number of aliphatic hydroxyl groups excluding tert-OH is 1. The summed E-state index contributed by atoms with van der Waals surface area (Å²) in [5, 5.41) is 9.70. The fourth-order valence-corrected chi connectivity index (χ4v) is 2.46. The lowest BCUT2D eigenvalue weighted by molar-refractivity contribution is 0.173. The fourth-order valence-electron chi connectivity index (χ4n) is 1.62. The van der Waals surface area contributed by atoms with Gasteiger partial charge >= 0.3 is 0 Å². The summed E-state index contributed by atoms with van der Waals surface area (Å²) < 4.78 is 0. The molecule has 0 amide bonds. The van der Waals surface area contributed by atoms with Gasteiger partial charge in [0.25, 0.3) is 0 Å². The number of aliphatic hydroxyl groups is 1. The molecule has 88 valence electrons. The number of benzene rings is 2. The van der Waals surface area contributed by atoms with Gasteiger partial charge in [0, 0.05) is 9.79 Å². The Balaban J connectivity index is 2.08. The zero-order chi connectivity index (χ0) is 12.1. The van der Waals surface area contributed by atoms with E-state index in [2.05, 4.69) is 24.3 Å². The molecule has 0 radical (unpaired) electrons. The van der Waals surface area contributed by atoms with Crippen LogP contribution in [0, 0.1) is 0 Å². The average molecular weight is 244 g/mol. The number of hydrogen-bond acceptors (Lipinski definition) is 2. The van der Waals surface area contributed by atoms with Gasteiger partial charge in [-0.2, -0.15) is 0 Å². The molecule has 0 aliphatic heterocycles. The van der Waals surface area contributed by atoms with Crippen LogP contribution >= 0.6 is 11.8 Å². The first-order chi connectivity index (χ1) is 8.29. The van der Waals surface area contributed by atoms with E-state index < -0.39 is 0 Å². The molecule has 0 heterocycles. The van der Waals surface area contributed by atoms with Gasteiger partial charge in [0.15, 0.2) is 0 Å². The van der Waals surface area contributed by atoms with Crippen molar-refractivity contribution in [3.8, 4) is 0 Å². The number of rotatable bonds is 4. The van der Waals surface area contributed by atoms with Crippen molar-refractivity contribution in [3.63, 3.8) is 0 Å². The van der Waals surface area contributed by atoms with Crippen LogP contribution in [0.3, 0.4) is 0 Å². The summed E-state index contributed by atoms with van der Waals surface area (Å²) >= 11 is 1.73. The van der Waals surface area contributed by atoms with Crippen molar-refractivity contribution in [1.82, 2.24) is 0 Å². The van der Waals surface area contributed by atoms with Gasteiger partial charge in [-0.05, 0) is 36.2 Å². The Hall–Kier alpha value is -1.25. The van der Waals surface area contributed by atoms with E-state index in [1.54, 1.807) is 11.8 Å². The van der Waals surface area contributed by atoms with Crippen LogP contribution in [-0.2, 0) is 0 Å². The van der Waals surface area contributed by atoms with Gasteiger partial charge in [-0.3, -0.25) is 0 Å². The molecule has 1 atom stereocenters. The second-order valence-electron chi connectivity index (χ2n) is 3.91. The van der Waals surface area contributed by atoms with E-state index in [0.29, 0.717) is 0 Å². The largest absolute Gasteiger partial charge is 0.388 e. The third-order valence-corrected chi connectivity index (χ3v) is 3.65. The van der Waals surface area contributed by atoms with Crippen molar-refractivity contribution in [2.75, 3.05) is 0 Å². The Morgan fingerprint density at radius 1 is 0.941 bits per heavy atom. The molecule has 0 spiro atoms. The molecule has 0 aliphatic rings. The maximum atomic E-state index is 9.70. The topological polar surface area (TPSA) is 20.2 Å². The van der Waals surface area contributed by atoms with Gasteiger partial charge in [0.05, 0.1) is 6.10 Å². The van der Waals surface area contributed by atoms with Crippen molar-refractivity contribution in [1.29, 1.82) is 0 Å². The Kier molecular flexibility index (Phi) is 4.24. The molecule has 1 nitrogen and oxygen atoms in total. The summed E-state index contributed by atoms with van der Waals surface area (Å²) in [5.41, 5.74) is 0.991. The highest BCUT2D eigenvalue weighted by atomic mass is 32.2. The second kappa shape index (κ2) is 5.89. The van der Waals surface area contributed by atoms with Crippen LogP contribution in [0.1, 0.15) is 25.0 Å². The minimum absolute atomic E-state index is 0.342. The minimum Gasteiger partial charge on any atom is -0.388 e. The first-order valence-electron chi connectivity index (χ1n) is 5.80. The SMILES string of the molecule is CC[C@@H](O)c1ccc(Sc2ccccc2)cc1. The van der Waals surface area contributed by atoms with Gasteiger partial charge in [-0.15, -0.1) is 0 Å². The number of hydrogen-bond donors (Lipinski definition) is 1. The molecule has 1 N–H and O–H groups in total. The summed E-state index contributed by atoms with van der Waals surface area (Å²) in [5.74, 6) is 0. The summed E-state index contributed by atoms with van der Waals surface area (Å²) in [6.45, 7) is 1.98. The van der Waals surface area contributed by atoms with Gasteiger partial charge in [0.2, 0.25) is 0 Å². The van der Waals surface area contributed by atoms with E-state index in [1.165, 1.54) is 9.79 Å². The highest BCUT2D eigenvalue weighted by Gasteiger charge is 2.04. The molecule has 2 rings (SSSR count). The first kappa shape index (κ1) is 12.2. The molecule has 0 aliphatic carbocycles. The summed E-state index contributed by atoms with van der Waals surface area (Å²) in [6, 6.07) is 18.4. The van der Waals surface area contributed by atoms with Crippen LogP contribution in [0.5, 0.6) is 0 Å². The Bertz CT molecular complexity index is 450. The van der Waals surface area contributed by atoms with Crippen LogP contribution < -0.4 is 0 Å².